The second-order valence-corrected chi connectivity index (χ2v) is 8.65. The van der Waals surface area contributed by atoms with Gasteiger partial charge in [0.25, 0.3) is 11.8 Å². The fourth-order valence-corrected chi connectivity index (χ4v) is 4.37. The van der Waals surface area contributed by atoms with Gasteiger partial charge in [-0.1, -0.05) is 28.9 Å². The summed E-state index contributed by atoms with van der Waals surface area (Å²) < 4.78 is 5.27. The number of piperidine rings is 1. The minimum absolute atomic E-state index is 0.106. The van der Waals surface area contributed by atoms with Crippen LogP contribution in [0.3, 0.4) is 0 Å². The van der Waals surface area contributed by atoms with E-state index in [1.807, 2.05) is 53.6 Å². The maximum Gasteiger partial charge on any atom is 0.273 e. The molecule has 1 aromatic carbocycles. The molecule has 30 heavy (non-hydrogen) atoms. The van der Waals surface area contributed by atoms with Gasteiger partial charge >= 0.3 is 0 Å². The van der Waals surface area contributed by atoms with E-state index in [0.29, 0.717) is 23.9 Å². The molecule has 6 nitrogen and oxygen atoms in total. The van der Waals surface area contributed by atoms with E-state index in [-0.39, 0.29) is 11.8 Å². The Balaban J connectivity index is 1.20. The van der Waals surface area contributed by atoms with Crippen molar-refractivity contribution in [3.8, 4) is 10.6 Å². The van der Waals surface area contributed by atoms with Crippen LogP contribution in [0.1, 0.15) is 45.7 Å². The van der Waals surface area contributed by atoms with E-state index >= 15 is 0 Å². The van der Waals surface area contributed by atoms with Crippen LogP contribution >= 0.6 is 11.3 Å². The number of likely N-dealkylation sites (tertiary alicyclic amines) is 1. The molecule has 1 aliphatic heterocycles. The largest absolute Gasteiger partial charge is 0.355 e. The van der Waals surface area contributed by atoms with Crippen LogP contribution in [0.5, 0.6) is 0 Å². The molecule has 0 aliphatic carbocycles. The summed E-state index contributed by atoms with van der Waals surface area (Å²) in [6.07, 6.45) is 2.81. The maximum atomic E-state index is 12.6. The van der Waals surface area contributed by atoms with E-state index in [1.165, 1.54) is 0 Å². The highest BCUT2D eigenvalue weighted by Crippen LogP contribution is 2.25. The highest BCUT2D eigenvalue weighted by Gasteiger charge is 2.23. The third-order valence-electron chi connectivity index (χ3n) is 5.55. The van der Waals surface area contributed by atoms with Crippen molar-refractivity contribution >= 4 is 23.2 Å². The van der Waals surface area contributed by atoms with Crippen molar-refractivity contribution in [2.75, 3.05) is 19.6 Å². The predicted octanol–water partition coefficient (Wildman–Crippen LogP) is 4.38. The number of nitrogens with one attached hydrogen (secondary N) is 1. The Kier molecular flexibility index (Phi) is 6.28. The van der Waals surface area contributed by atoms with Crippen molar-refractivity contribution in [3.05, 3.63) is 64.7 Å². The molecule has 1 N–H and O–H groups in total. The van der Waals surface area contributed by atoms with Gasteiger partial charge in [-0.15, -0.1) is 11.3 Å². The van der Waals surface area contributed by atoms with Crippen LogP contribution in [0.4, 0.5) is 0 Å². The number of hydrogen-bond acceptors (Lipinski definition) is 5. The van der Waals surface area contributed by atoms with Gasteiger partial charge in [-0.2, -0.15) is 0 Å². The SMILES string of the molecule is Cc1ccc(C(=O)N2CCC(CCNC(=O)c3cc(-c4cccs4)on3)CC2)cc1. The van der Waals surface area contributed by atoms with Gasteiger partial charge in [0, 0.05) is 31.3 Å². The molecule has 4 rings (SSSR count). The molecule has 0 saturated carbocycles. The molecule has 156 valence electrons. The van der Waals surface area contributed by atoms with E-state index in [0.717, 1.165) is 48.4 Å². The van der Waals surface area contributed by atoms with Crippen LogP contribution in [0.15, 0.2) is 52.4 Å². The normalized spacial score (nSPS) is 14.6. The maximum absolute atomic E-state index is 12.6. The molecule has 2 aromatic heterocycles. The first-order valence-electron chi connectivity index (χ1n) is 10.2. The summed E-state index contributed by atoms with van der Waals surface area (Å²) in [7, 11) is 0. The summed E-state index contributed by atoms with van der Waals surface area (Å²) in [4.78, 5) is 27.8. The Labute approximate surface area is 179 Å². The van der Waals surface area contributed by atoms with E-state index in [4.69, 9.17) is 4.52 Å². The lowest BCUT2D eigenvalue weighted by Crippen LogP contribution is -2.39. The van der Waals surface area contributed by atoms with Gasteiger partial charge in [-0.25, -0.2) is 0 Å². The Hall–Kier alpha value is -2.93. The number of nitrogens with zero attached hydrogens (tertiary/aromatic N) is 2. The first-order chi connectivity index (χ1) is 14.6. The van der Waals surface area contributed by atoms with Crippen molar-refractivity contribution in [3.63, 3.8) is 0 Å². The van der Waals surface area contributed by atoms with Gasteiger partial charge in [0.1, 0.15) is 0 Å². The average molecular weight is 424 g/mol. The van der Waals surface area contributed by atoms with Gasteiger partial charge in [-0.05, 0) is 55.7 Å². The van der Waals surface area contributed by atoms with Crippen molar-refractivity contribution in [2.24, 2.45) is 5.92 Å². The molecule has 0 spiro atoms. The van der Waals surface area contributed by atoms with Crippen molar-refractivity contribution < 1.29 is 14.1 Å². The molecule has 3 aromatic rings. The smallest absolute Gasteiger partial charge is 0.273 e. The van der Waals surface area contributed by atoms with Gasteiger partial charge in [0.05, 0.1) is 4.88 Å². The molecular formula is C23H25N3O3S. The highest BCUT2D eigenvalue weighted by atomic mass is 32.1. The molecule has 1 saturated heterocycles. The van der Waals surface area contributed by atoms with Crippen LogP contribution in [-0.4, -0.2) is 41.5 Å². The average Bonchev–Trinajstić information content (AvgIpc) is 3.46. The second-order valence-electron chi connectivity index (χ2n) is 7.70. The zero-order valence-corrected chi connectivity index (χ0v) is 17.8. The number of carbonyl (C=O) groups is 2. The number of hydrogen-bond donors (Lipinski definition) is 1. The number of amides is 2. The zero-order valence-electron chi connectivity index (χ0n) is 17.0. The molecule has 0 atom stereocenters. The number of aromatic nitrogens is 1. The minimum atomic E-state index is -0.214. The van der Waals surface area contributed by atoms with Gasteiger partial charge < -0.3 is 14.7 Å². The standard InChI is InChI=1S/C23H25N3O3S/c1-16-4-6-18(7-5-16)23(28)26-12-9-17(10-13-26)8-11-24-22(27)19-15-20(29-25-19)21-3-2-14-30-21/h2-7,14-15,17H,8-13H2,1H3,(H,24,27). The lowest BCUT2D eigenvalue weighted by atomic mass is 9.93. The Bertz CT molecular complexity index is 987. The van der Waals surface area contributed by atoms with E-state index in [9.17, 15) is 9.59 Å². The third-order valence-corrected chi connectivity index (χ3v) is 6.43. The van der Waals surface area contributed by atoms with Gasteiger partial charge in [-0.3, -0.25) is 9.59 Å². The number of aryl methyl sites for hydroxylation is 1. The fourth-order valence-electron chi connectivity index (χ4n) is 3.70. The van der Waals surface area contributed by atoms with Crippen LogP contribution in [0.2, 0.25) is 0 Å². The number of carbonyl (C=O) groups excluding carboxylic acids is 2. The first kappa shape index (κ1) is 20.3. The quantitative estimate of drug-likeness (QED) is 0.638. The molecule has 3 heterocycles. The van der Waals surface area contributed by atoms with Gasteiger partial charge in [0.15, 0.2) is 11.5 Å². The van der Waals surface area contributed by atoms with Crippen LogP contribution in [0, 0.1) is 12.8 Å². The Morgan fingerprint density at radius 2 is 1.97 bits per heavy atom. The van der Waals surface area contributed by atoms with E-state index in [2.05, 4.69) is 10.5 Å². The number of thiophene rings is 1. The summed E-state index contributed by atoms with van der Waals surface area (Å²) in [6.45, 7) is 4.14. The molecule has 0 bridgehead atoms. The molecule has 7 heteroatoms. The summed E-state index contributed by atoms with van der Waals surface area (Å²) >= 11 is 1.55. The van der Waals surface area contributed by atoms with Crippen molar-refractivity contribution in [1.29, 1.82) is 0 Å². The van der Waals surface area contributed by atoms with Crippen molar-refractivity contribution in [1.82, 2.24) is 15.4 Å². The number of rotatable bonds is 6. The first-order valence-corrected chi connectivity index (χ1v) is 11.1. The highest BCUT2D eigenvalue weighted by molar-refractivity contribution is 7.13. The molecule has 1 fully saturated rings. The summed E-state index contributed by atoms with van der Waals surface area (Å²) in [5.74, 6) is 1.01. The van der Waals surface area contributed by atoms with E-state index in [1.54, 1.807) is 17.4 Å². The fraction of sp³-hybridized carbons (Fsp3) is 0.348. The molecule has 0 unspecified atom stereocenters. The van der Waals surface area contributed by atoms with Crippen LogP contribution in [0.25, 0.3) is 10.6 Å². The summed E-state index contributed by atoms with van der Waals surface area (Å²) in [5.41, 5.74) is 2.21. The zero-order chi connectivity index (χ0) is 20.9. The Morgan fingerprint density at radius 3 is 2.67 bits per heavy atom. The monoisotopic (exact) mass is 423 g/mol. The van der Waals surface area contributed by atoms with Crippen LogP contribution in [-0.2, 0) is 0 Å². The Morgan fingerprint density at radius 1 is 1.20 bits per heavy atom. The van der Waals surface area contributed by atoms with Gasteiger partial charge in [0.2, 0.25) is 0 Å². The second kappa shape index (κ2) is 9.26. The molecular weight excluding hydrogens is 398 g/mol. The van der Waals surface area contributed by atoms with E-state index < -0.39 is 0 Å². The molecule has 0 radical (unpaired) electrons. The minimum Gasteiger partial charge on any atom is -0.355 e. The topological polar surface area (TPSA) is 75.4 Å². The van der Waals surface area contributed by atoms with Crippen molar-refractivity contribution in [2.45, 2.75) is 26.2 Å². The summed E-state index contributed by atoms with van der Waals surface area (Å²) in [6, 6.07) is 13.3. The summed E-state index contributed by atoms with van der Waals surface area (Å²) in [5, 5.41) is 8.76. The molecule has 1 aliphatic rings. The number of benzene rings is 1. The lowest BCUT2D eigenvalue weighted by molar-refractivity contribution is 0.0687. The third kappa shape index (κ3) is 4.79. The lowest BCUT2D eigenvalue weighted by Gasteiger charge is -2.32. The van der Waals surface area contributed by atoms with Crippen LogP contribution < -0.4 is 5.32 Å². The molecule has 2 amide bonds. The predicted molar refractivity (Wildman–Crippen MR) is 117 cm³/mol.